The molecule has 1 saturated heterocycles. The summed E-state index contributed by atoms with van der Waals surface area (Å²) in [6.07, 6.45) is 0. The van der Waals surface area contributed by atoms with Crippen LogP contribution in [0.4, 0.5) is 17.1 Å². The number of anilines is 2. The van der Waals surface area contributed by atoms with Crippen molar-refractivity contribution in [2.24, 2.45) is 5.41 Å². The second kappa shape index (κ2) is 6.15. The third-order valence-electron chi connectivity index (χ3n) is 4.60. The van der Waals surface area contributed by atoms with E-state index >= 15 is 0 Å². The highest BCUT2D eigenvalue weighted by Gasteiger charge is 2.39. The monoisotopic (exact) mass is 325 g/mol. The van der Waals surface area contributed by atoms with Crippen molar-refractivity contribution in [2.75, 3.05) is 23.0 Å². The predicted octanol–water partition coefficient (Wildman–Crippen LogP) is 4.29. The third-order valence-corrected chi connectivity index (χ3v) is 4.60. The minimum Gasteiger partial charge on any atom is -0.348 e. The zero-order chi connectivity index (χ0) is 17.3. The molecule has 0 N–H and O–H groups in total. The van der Waals surface area contributed by atoms with Gasteiger partial charge in [-0.2, -0.15) is 0 Å². The van der Waals surface area contributed by atoms with Crippen molar-refractivity contribution >= 4 is 17.1 Å². The Morgan fingerprint density at radius 2 is 1.67 bits per heavy atom. The van der Waals surface area contributed by atoms with Crippen LogP contribution in [0.5, 0.6) is 0 Å². The Kier molecular flexibility index (Phi) is 4.18. The fourth-order valence-corrected chi connectivity index (χ4v) is 3.33. The van der Waals surface area contributed by atoms with Crippen LogP contribution >= 0.6 is 0 Å². The summed E-state index contributed by atoms with van der Waals surface area (Å²) in [4.78, 5) is 15.5. The van der Waals surface area contributed by atoms with Gasteiger partial charge in [-0.3, -0.25) is 10.1 Å². The van der Waals surface area contributed by atoms with Crippen LogP contribution in [0.2, 0.25) is 0 Å². The molecule has 0 aromatic heterocycles. The van der Waals surface area contributed by atoms with Crippen molar-refractivity contribution in [2.45, 2.75) is 26.8 Å². The summed E-state index contributed by atoms with van der Waals surface area (Å²) >= 11 is 0. The van der Waals surface area contributed by atoms with Crippen molar-refractivity contribution in [3.8, 4) is 0 Å². The normalized spacial score (nSPS) is 18.0. The van der Waals surface area contributed by atoms with Crippen molar-refractivity contribution in [3.05, 3.63) is 64.7 Å². The lowest BCUT2D eigenvalue weighted by atomic mass is 9.86. The first kappa shape index (κ1) is 16.3. The summed E-state index contributed by atoms with van der Waals surface area (Å²) in [5.41, 5.74) is 2.07. The second-order valence-electron chi connectivity index (χ2n) is 7.30. The zero-order valence-electron chi connectivity index (χ0n) is 14.3. The molecule has 1 atom stereocenters. The Hall–Kier alpha value is -2.56. The van der Waals surface area contributed by atoms with Crippen LogP contribution in [0, 0.1) is 15.5 Å². The molecule has 24 heavy (non-hydrogen) atoms. The number of nitrogens with zero attached hydrogens (tertiary/aromatic N) is 3. The molecule has 0 saturated carbocycles. The Balaban J connectivity index is 1.98. The SMILES string of the molecule is CC(C)(C)[C@H]1CN(c2ccccc2[N+](=O)[O-])CN1c1ccccc1. The maximum absolute atomic E-state index is 11.4. The summed E-state index contributed by atoms with van der Waals surface area (Å²) < 4.78 is 0. The van der Waals surface area contributed by atoms with E-state index in [-0.39, 0.29) is 22.1 Å². The van der Waals surface area contributed by atoms with E-state index in [0.29, 0.717) is 12.4 Å². The largest absolute Gasteiger partial charge is 0.348 e. The molecule has 1 aliphatic heterocycles. The molecule has 0 radical (unpaired) electrons. The number of hydrogen-bond donors (Lipinski definition) is 0. The molecule has 0 spiro atoms. The average molecular weight is 325 g/mol. The molecule has 126 valence electrons. The molecule has 5 heteroatoms. The lowest BCUT2D eigenvalue weighted by Gasteiger charge is -2.35. The van der Waals surface area contributed by atoms with E-state index in [1.807, 2.05) is 30.3 Å². The van der Waals surface area contributed by atoms with Gasteiger partial charge < -0.3 is 9.80 Å². The topological polar surface area (TPSA) is 49.6 Å². The van der Waals surface area contributed by atoms with Gasteiger partial charge in [-0.15, -0.1) is 0 Å². The predicted molar refractivity (Wildman–Crippen MR) is 97.5 cm³/mol. The lowest BCUT2D eigenvalue weighted by molar-refractivity contribution is -0.384. The zero-order valence-corrected chi connectivity index (χ0v) is 14.3. The fourth-order valence-electron chi connectivity index (χ4n) is 3.33. The summed E-state index contributed by atoms with van der Waals surface area (Å²) in [6, 6.07) is 17.5. The van der Waals surface area contributed by atoms with Crippen LogP contribution in [0.15, 0.2) is 54.6 Å². The van der Waals surface area contributed by atoms with Gasteiger partial charge in [-0.05, 0) is 23.6 Å². The quantitative estimate of drug-likeness (QED) is 0.624. The molecule has 1 aliphatic rings. The molecule has 1 heterocycles. The molecule has 0 unspecified atom stereocenters. The summed E-state index contributed by atoms with van der Waals surface area (Å²) in [5.74, 6) is 0. The summed E-state index contributed by atoms with van der Waals surface area (Å²) in [5, 5.41) is 11.4. The number of hydrogen-bond acceptors (Lipinski definition) is 4. The molecular formula is C19H23N3O2. The third kappa shape index (κ3) is 3.07. The van der Waals surface area contributed by atoms with Gasteiger partial charge in [0.15, 0.2) is 0 Å². The lowest BCUT2D eigenvalue weighted by Crippen LogP contribution is -2.41. The summed E-state index contributed by atoms with van der Waals surface area (Å²) in [7, 11) is 0. The molecule has 0 amide bonds. The van der Waals surface area contributed by atoms with E-state index < -0.39 is 0 Å². The number of nitro groups is 1. The van der Waals surface area contributed by atoms with Crippen LogP contribution in [0.3, 0.4) is 0 Å². The van der Waals surface area contributed by atoms with Crippen molar-refractivity contribution in [1.82, 2.24) is 0 Å². The molecule has 2 aromatic rings. The van der Waals surface area contributed by atoms with Gasteiger partial charge in [-0.1, -0.05) is 51.1 Å². The van der Waals surface area contributed by atoms with E-state index in [9.17, 15) is 10.1 Å². The number of rotatable bonds is 3. The highest BCUT2D eigenvalue weighted by molar-refractivity contribution is 5.66. The maximum Gasteiger partial charge on any atom is 0.292 e. The van der Waals surface area contributed by atoms with Crippen LogP contribution in [-0.4, -0.2) is 24.2 Å². The highest BCUT2D eigenvalue weighted by atomic mass is 16.6. The van der Waals surface area contributed by atoms with E-state index in [1.54, 1.807) is 12.1 Å². The van der Waals surface area contributed by atoms with Gasteiger partial charge in [0.2, 0.25) is 0 Å². The Bertz CT molecular complexity index is 725. The number of nitro benzene ring substituents is 1. The van der Waals surface area contributed by atoms with E-state index in [2.05, 4.69) is 42.7 Å². The van der Waals surface area contributed by atoms with Gasteiger partial charge in [0.1, 0.15) is 5.69 Å². The Morgan fingerprint density at radius 1 is 1.04 bits per heavy atom. The van der Waals surface area contributed by atoms with Crippen LogP contribution in [-0.2, 0) is 0 Å². The molecule has 0 bridgehead atoms. The fraction of sp³-hybridized carbons (Fsp3) is 0.368. The van der Waals surface area contributed by atoms with Gasteiger partial charge in [0.25, 0.3) is 5.69 Å². The summed E-state index contributed by atoms with van der Waals surface area (Å²) in [6.45, 7) is 8.07. The molecule has 5 nitrogen and oxygen atoms in total. The molecule has 2 aromatic carbocycles. The van der Waals surface area contributed by atoms with Gasteiger partial charge >= 0.3 is 0 Å². The van der Waals surface area contributed by atoms with E-state index in [0.717, 1.165) is 12.2 Å². The van der Waals surface area contributed by atoms with Crippen LogP contribution in [0.25, 0.3) is 0 Å². The minimum atomic E-state index is -0.299. The molecule has 1 fully saturated rings. The highest BCUT2D eigenvalue weighted by Crippen LogP contribution is 2.38. The van der Waals surface area contributed by atoms with E-state index in [4.69, 9.17) is 0 Å². The van der Waals surface area contributed by atoms with Crippen molar-refractivity contribution in [1.29, 1.82) is 0 Å². The second-order valence-corrected chi connectivity index (χ2v) is 7.30. The first-order valence-corrected chi connectivity index (χ1v) is 8.18. The molecular weight excluding hydrogens is 302 g/mol. The first-order valence-electron chi connectivity index (χ1n) is 8.18. The number of para-hydroxylation sites is 3. The Morgan fingerprint density at radius 3 is 2.29 bits per heavy atom. The molecule has 3 rings (SSSR count). The van der Waals surface area contributed by atoms with Crippen LogP contribution < -0.4 is 9.80 Å². The standard InChI is InChI=1S/C19H23N3O2/c1-19(2,3)18-13-20(14-21(18)15-9-5-4-6-10-15)16-11-7-8-12-17(16)22(23)24/h4-12,18H,13-14H2,1-3H3/t18-/m1/s1. The average Bonchev–Trinajstić information content (AvgIpc) is 3.01. The van der Waals surface area contributed by atoms with E-state index in [1.165, 1.54) is 0 Å². The maximum atomic E-state index is 11.4. The van der Waals surface area contributed by atoms with Crippen LogP contribution in [0.1, 0.15) is 20.8 Å². The van der Waals surface area contributed by atoms with Gasteiger partial charge in [-0.25, -0.2) is 0 Å². The van der Waals surface area contributed by atoms with Gasteiger partial charge in [0.05, 0.1) is 17.6 Å². The van der Waals surface area contributed by atoms with Crippen molar-refractivity contribution < 1.29 is 4.92 Å². The molecule has 0 aliphatic carbocycles. The minimum absolute atomic E-state index is 0.0636. The number of benzene rings is 2. The first-order chi connectivity index (χ1) is 11.4. The Labute approximate surface area is 142 Å². The van der Waals surface area contributed by atoms with Crippen molar-refractivity contribution in [3.63, 3.8) is 0 Å². The van der Waals surface area contributed by atoms with Gasteiger partial charge in [0, 0.05) is 18.3 Å². The smallest absolute Gasteiger partial charge is 0.292 e.